The Labute approximate surface area is 865 Å². The van der Waals surface area contributed by atoms with Gasteiger partial charge in [-0.2, -0.15) is 0 Å². The molecule has 0 atom stereocenters. The third-order valence-corrected chi connectivity index (χ3v) is 30.1. The number of fused-ring (bicyclic) bond motifs is 6. The highest BCUT2D eigenvalue weighted by Gasteiger charge is 2.26. The van der Waals surface area contributed by atoms with Gasteiger partial charge in [-0.3, -0.25) is 0 Å². The van der Waals surface area contributed by atoms with E-state index in [-0.39, 0.29) is 0 Å². The average molecular weight is 1890 g/mol. The lowest BCUT2D eigenvalue weighted by Crippen LogP contribution is -2.09. The fraction of sp³-hybridized carbons (Fsp3) is 0.167. The van der Waals surface area contributed by atoms with E-state index in [2.05, 4.69) is 512 Å². The number of aryl methyl sites for hydroxylation is 6. The van der Waals surface area contributed by atoms with Crippen molar-refractivity contribution in [2.75, 3.05) is 9.80 Å². The summed E-state index contributed by atoms with van der Waals surface area (Å²) in [5, 5.41) is 15.5. The quantitative estimate of drug-likeness (QED) is 0.0293. The Morgan fingerprint density at radius 3 is 0.781 bits per heavy atom. The second-order valence-corrected chi connectivity index (χ2v) is 40.1. The number of anilines is 6. The summed E-state index contributed by atoms with van der Waals surface area (Å²) in [6, 6.07) is 173. The van der Waals surface area contributed by atoms with Crippen molar-refractivity contribution in [1.82, 2.24) is 0 Å². The predicted molar refractivity (Wildman–Crippen MR) is 633 cm³/mol. The number of nitrogens with zero attached hydrogens (tertiary/aromatic N) is 2. The Hall–Kier alpha value is -16.0. The van der Waals surface area contributed by atoms with Crippen LogP contribution < -0.4 is 9.80 Å². The van der Waals surface area contributed by atoms with Gasteiger partial charge in [0.25, 0.3) is 0 Å². The topological polar surface area (TPSA) is 6.48 Å². The third-order valence-electron chi connectivity index (χ3n) is 30.1. The van der Waals surface area contributed by atoms with E-state index in [1.165, 1.54) is 273 Å². The minimum Gasteiger partial charge on any atom is -0.311 e. The maximum absolute atomic E-state index is 2.61. The zero-order chi connectivity index (χ0) is 99.0. The van der Waals surface area contributed by atoms with Crippen molar-refractivity contribution in [2.45, 2.75) is 157 Å². The van der Waals surface area contributed by atoms with E-state index in [4.69, 9.17) is 0 Å². The number of hydrogen-bond acceptors (Lipinski definition) is 2. The van der Waals surface area contributed by atoms with E-state index in [0.717, 1.165) is 85.5 Å². The maximum Gasteiger partial charge on any atom is 0.0462 e. The third kappa shape index (κ3) is 21.1. The Kier molecular flexibility index (Phi) is 29.8. The van der Waals surface area contributed by atoms with Gasteiger partial charge >= 0.3 is 0 Å². The zero-order valence-electron chi connectivity index (χ0n) is 85.5. The zero-order valence-corrected chi connectivity index (χ0v) is 85.5. The maximum atomic E-state index is 2.61. The lowest BCUT2D eigenvalue weighted by atomic mass is 9.80. The van der Waals surface area contributed by atoms with Crippen LogP contribution >= 0.6 is 0 Å². The summed E-state index contributed by atoms with van der Waals surface area (Å²) in [4.78, 5) is 4.84. The van der Waals surface area contributed by atoms with Gasteiger partial charge in [0.2, 0.25) is 0 Å². The summed E-state index contributed by atoms with van der Waals surface area (Å²) in [7, 11) is 0. The fourth-order valence-corrected chi connectivity index (χ4v) is 22.4. The minimum absolute atomic E-state index is 1.01. The predicted octanol–water partition coefficient (Wildman–Crippen LogP) is 42.2. The van der Waals surface area contributed by atoms with Crippen LogP contribution in [0, 0.1) is 13.8 Å². The molecule has 146 heavy (non-hydrogen) atoms. The molecule has 0 aliphatic heterocycles. The molecule has 22 rings (SSSR count). The molecule has 0 bridgehead atoms. The Balaban J connectivity index is 0.000000258. The summed E-state index contributed by atoms with van der Waals surface area (Å²) >= 11 is 0. The normalized spacial score (nSPS) is 11.4. The molecule has 0 aliphatic carbocycles. The van der Waals surface area contributed by atoms with Crippen molar-refractivity contribution >= 4 is 98.8 Å². The standard InChI is InChI=1S/C104H104N2.C40H26/c1-7-11-13-15-17-19-27-89-73-101(87-57-69-95(70-58-87)105(91-61-49-83(50-62-91)79-41-33-75(5)34-42-79)93-65-53-85(54-66-93)81-45-37-77(25-9-3)38-46-81)97-29-21-23-31-99(97)103(89)104-90(28-20-18-16-14-12-8-2)74-102(98-30-22-24-32-100(98)104)88-59-71-96(72-60-88)106(92-63-51-84(52-64-92)80-43-35-76(6)36-44-80)94-67-55-86(56-68-94)82-47-39-78(26-10-4)40-48-82;1-2-12-31-26-32(25-20-27(31)10-1)40-37-17-7-5-15-35(37)39(36-16-6-8-18-38(36)40)30-23-21-29(22-24-30)34-19-9-13-28-11-3-4-14-33(28)34/h21-24,29-74H,7-20,25-28H2,1-6H3;1-26H. The molecule has 0 heterocycles. The molecule has 2 heteroatoms. The SMILES string of the molecule is CCCCCCCCc1cc(-c2ccc(N(c3ccc(-c4ccc(C)cc4)cc3)c3ccc(-c4ccc(CCC)cc4)cc3)cc2)c2ccccc2c1-c1c(CCCCCCCC)cc(-c2ccc(N(c3ccc(-c4ccc(C)cc4)cc3)c3ccc(-c4ccc(CCC)cc4)cc3)cc2)c2ccccc12.c1ccc2cc(-c3c4ccccc4c(-c4ccc(-c5cccc6ccccc56)cc4)c4ccccc34)ccc2c1. The molecule has 22 aromatic carbocycles. The molecular formula is C144H130N2. The van der Waals surface area contributed by atoms with Gasteiger partial charge < -0.3 is 9.80 Å². The molecule has 22 aromatic rings. The van der Waals surface area contributed by atoms with Crippen molar-refractivity contribution in [3.63, 3.8) is 0 Å². The van der Waals surface area contributed by atoms with E-state index in [1.807, 2.05) is 0 Å². The Morgan fingerprint density at radius 1 is 0.158 bits per heavy atom. The first kappa shape index (κ1) is 96.1. The second-order valence-electron chi connectivity index (χ2n) is 40.1. The fourth-order valence-electron chi connectivity index (χ4n) is 22.4. The first-order valence-electron chi connectivity index (χ1n) is 53.7. The molecular weight excluding hydrogens is 1760 g/mol. The van der Waals surface area contributed by atoms with Crippen LogP contribution in [-0.2, 0) is 25.7 Å². The average Bonchev–Trinajstić information content (AvgIpc) is 0.730. The van der Waals surface area contributed by atoms with Crippen LogP contribution in [-0.4, -0.2) is 0 Å². The lowest BCUT2D eigenvalue weighted by Gasteiger charge is -2.27. The van der Waals surface area contributed by atoms with Gasteiger partial charge in [0.05, 0.1) is 0 Å². The summed E-state index contributed by atoms with van der Waals surface area (Å²) in [6.07, 6.45) is 21.5. The van der Waals surface area contributed by atoms with Crippen LogP contribution in [0.2, 0.25) is 0 Å². The van der Waals surface area contributed by atoms with Crippen LogP contribution in [0.4, 0.5) is 34.1 Å². The lowest BCUT2D eigenvalue weighted by molar-refractivity contribution is 0.607. The molecule has 0 spiro atoms. The van der Waals surface area contributed by atoms with Crippen LogP contribution in [0.5, 0.6) is 0 Å². The smallest absolute Gasteiger partial charge is 0.0462 e. The van der Waals surface area contributed by atoms with Gasteiger partial charge in [0.1, 0.15) is 0 Å². The molecule has 0 saturated heterocycles. The summed E-state index contributed by atoms with van der Waals surface area (Å²) in [6.45, 7) is 13.5. The van der Waals surface area contributed by atoms with Crippen LogP contribution in [0.25, 0.3) is 176 Å². The van der Waals surface area contributed by atoms with Gasteiger partial charge in [-0.25, -0.2) is 0 Å². The van der Waals surface area contributed by atoms with E-state index >= 15 is 0 Å². The van der Waals surface area contributed by atoms with Gasteiger partial charge in [-0.05, 0) is 342 Å². The number of unbranched alkanes of at least 4 members (excludes halogenated alkanes) is 10. The van der Waals surface area contributed by atoms with E-state index in [9.17, 15) is 0 Å². The molecule has 2 nitrogen and oxygen atoms in total. The van der Waals surface area contributed by atoms with Gasteiger partial charge in [0, 0.05) is 34.1 Å². The van der Waals surface area contributed by atoms with Crippen LogP contribution in [0.15, 0.2) is 461 Å². The molecule has 0 radical (unpaired) electrons. The van der Waals surface area contributed by atoms with Gasteiger partial charge in [0.15, 0.2) is 0 Å². The first-order chi connectivity index (χ1) is 72.1. The van der Waals surface area contributed by atoms with Crippen LogP contribution in [0.3, 0.4) is 0 Å². The Bertz CT molecular complexity index is 7850. The number of rotatable bonds is 34. The van der Waals surface area contributed by atoms with Crippen molar-refractivity contribution in [3.05, 3.63) is 494 Å². The molecule has 716 valence electrons. The van der Waals surface area contributed by atoms with E-state index in [0.29, 0.717) is 0 Å². The molecule has 0 unspecified atom stereocenters. The van der Waals surface area contributed by atoms with E-state index < -0.39 is 0 Å². The molecule has 0 fully saturated rings. The highest BCUT2D eigenvalue weighted by Crippen LogP contribution is 2.51. The minimum atomic E-state index is 1.01. The largest absolute Gasteiger partial charge is 0.311 e. The van der Waals surface area contributed by atoms with Crippen molar-refractivity contribution in [3.8, 4) is 111 Å². The van der Waals surface area contributed by atoms with Crippen molar-refractivity contribution in [1.29, 1.82) is 0 Å². The van der Waals surface area contributed by atoms with Crippen molar-refractivity contribution in [2.24, 2.45) is 0 Å². The molecule has 0 aliphatic rings. The van der Waals surface area contributed by atoms with Crippen LogP contribution in [0.1, 0.15) is 151 Å². The molecule has 0 aromatic heterocycles. The monoisotopic (exact) mass is 1890 g/mol. The summed E-state index contributed by atoms with van der Waals surface area (Å²) < 4.78 is 0. The summed E-state index contributed by atoms with van der Waals surface area (Å²) in [5.74, 6) is 0. The van der Waals surface area contributed by atoms with Crippen molar-refractivity contribution < 1.29 is 0 Å². The van der Waals surface area contributed by atoms with Gasteiger partial charge in [-0.1, -0.05) is 486 Å². The highest BCUT2D eigenvalue weighted by molar-refractivity contribution is 6.22. The summed E-state index contributed by atoms with van der Waals surface area (Å²) in [5.41, 5.74) is 40.1. The molecule has 0 amide bonds. The van der Waals surface area contributed by atoms with Gasteiger partial charge in [-0.15, -0.1) is 0 Å². The molecule has 0 N–H and O–H groups in total. The number of benzene rings is 22. The second kappa shape index (κ2) is 45.3. The highest BCUT2D eigenvalue weighted by atomic mass is 15.1. The molecule has 0 saturated carbocycles. The number of hydrogen-bond donors (Lipinski definition) is 0. The Morgan fingerprint density at radius 2 is 0.418 bits per heavy atom. The van der Waals surface area contributed by atoms with E-state index in [1.54, 1.807) is 0 Å². The first-order valence-corrected chi connectivity index (χ1v) is 53.7.